The number of amides is 1. The number of piperidine rings is 1. The highest BCUT2D eigenvalue weighted by Gasteiger charge is 2.23. The van der Waals surface area contributed by atoms with E-state index in [-0.39, 0.29) is 0 Å². The normalized spacial score (nSPS) is 15.1. The van der Waals surface area contributed by atoms with Crippen LogP contribution in [-0.4, -0.2) is 38.5 Å². The standard InChI is InChI=1S/C29H30N4O2/c34-28(31-35)12-11-23-15-18-33-26(29(30-27(33)20-23)25-9-5-2-6-10-25)21-32-16-13-24(14-17-32)19-22-7-3-1-4-8-22/h1-12,15,18,20,24,35H,13-14,16-17,19,21H2,(H,31,34). The van der Waals surface area contributed by atoms with Crippen molar-refractivity contribution in [3.8, 4) is 11.3 Å². The number of hydrogen-bond donors (Lipinski definition) is 2. The van der Waals surface area contributed by atoms with Crippen molar-refractivity contribution >= 4 is 17.6 Å². The lowest BCUT2D eigenvalue weighted by atomic mass is 9.90. The summed E-state index contributed by atoms with van der Waals surface area (Å²) in [5.41, 5.74) is 8.00. The Balaban J connectivity index is 1.37. The number of carbonyl (C=O) groups excluding carboxylic acids is 1. The van der Waals surface area contributed by atoms with Crippen molar-refractivity contribution in [1.29, 1.82) is 0 Å². The average Bonchev–Trinajstić information content (AvgIpc) is 3.27. The molecule has 0 unspecified atom stereocenters. The van der Waals surface area contributed by atoms with Gasteiger partial charge in [-0.3, -0.25) is 14.9 Å². The number of hydrogen-bond acceptors (Lipinski definition) is 4. The molecule has 0 bridgehead atoms. The molecule has 0 spiro atoms. The zero-order valence-electron chi connectivity index (χ0n) is 19.7. The largest absolute Gasteiger partial charge is 0.302 e. The van der Waals surface area contributed by atoms with Gasteiger partial charge in [0.2, 0.25) is 0 Å². The first kappa shape index (κ1) is 23.0. The van der Waals surface area contributed by atoms with Crippen molar-refractivity contribution in [1.82, 2.24) is 19.8 Å². The molecule has 1 saturated heterocycles. The molecule has 1 aliphatic rings. The molecule has 0 saturated carbocycles. The van der Waals surface area contributed by atoms with Crippen LogP contribution in [0.15, 0.2) is 85.1 Å². The monoisotopic (exact) mass is 466 g/mol. The van der Waals surface area contributed by atoms with E-state index in [4.69, 9.17) is 10.2 Å². The SMILES string of the molecule is O=C(C=Cc1ccn2c(CN3CCC(Cc4ccccc4)CC3)c(-c3ccccc3)nc2c1)NO. The molecule has 1 aliphatic heterocycles. The molecular formula is C29H30N4O2. The molecule has 2 N–H and O–H groups in total. The highest BCUT2D eigenvalue weighted by atomic mass is 16.5. The van der Waals surface area contributed by atoms with Crippen molar-refractivity contribution in [2.24, 2.45) is 5.92 Å². The number of nitrogens with one attached hydrogen (secondary N) is 1. The number of imidazole rings is 1. The first-order valence-electron chi connectivity index (χ1n) is 12.1. The molecule has 0 radical (unpaired) electrons. The van der Waals surface area contributed by atoms with Crippen LogP contribution in [-0.2, 0) is 17.8 Å². The van der Waals surface area contributed by atoms with Gasteiger partial charge < -0.3 is 4.40 Å². The number of carbonyl (C=O) groups is 1. The van der Waals surface area contributed by atoms with E-state index in [0.717, 1.165) is 54.4 Å². The molecule has 0 atom stereocenters. The van der Waals surface area contributed by atoms with Crippen molar-refractivity contribution < 1.29 is 10.0 Å². The van der Waals surface area contributed by atoms with Crippen molar-refractivity contribution in [2.75, 3.05) is 13.1 Å². The molecular weight excluding hydrogens is 436 g/mol. The van der Waals surface area contributed by atoms with Gasteiger partial charge in [0, 0.05) is 24.4 Å². The predicted octanol–water partition coefficient (Wildman–Crippen LogP) is 4.97. The van der Waals surface area contributed by atoms with Crippen molar-refractivity contribution in [3.63, 3.8) is 0 Å². The van der Waals surface area contributed by atoms with E-state index in [1.807, 2.05) is 36.5 Å². The predicted molar refractivity (Wildman–Crippen MR) is 138 cm³/mol. The quantitative estimate of drug-likeness (QED) is 0.229. The van der Waals surface area contributed by atoms with Gasteiger partial charge in [-0.15, -0.1) is 0 Å². The van der Waals surface area contributed by atoms with E-state index in [1.165, 1.54) is 30.2 Å². The molecule has 5 rings (SSSR count). The molecule has 2 aromatic heterocycles. The van der Waals surface area contributed by atoms with E-state index >= 15 is 0 Å². The Hall–Kier alpha value is -3.74. The van der Waals surface area contributed by atoms with Crippen molar-refractivity contribution in [2.45, 2.75) is 25.8 Å². The van der Waals surface area contributed by atoms with Gasteiger partial charge in [-0.25, -0.2) is 10.5 Å². The fraction of sp³-hybridized carbons (Fsp3) is 0.241. The minimum atomic E-state index is -0.561. The molecule has 35 heavy (non-hydrogen) atoms. The lowest BCUT2D eigenvalue weighted by molar-refractivity contribution is -0.124. The number of nitrogens with zero attached hydrogens (tertiary/aromatic N) is 3. The maximum absolute atomic E-state index is 11.4. The van der Waals surface area contributed by atoms with Crippen LogP contribution in [0.3, 0.4) is 0 Å². The minimum absolute atomic E-state index is 0.561. The number of fused-ring (bicyclic) bond motifs is 1. The van der Waals surface area contributed by atoms with Crippen LogP contribution in [0.4, 0.5) is 0 Å². The summed E-state index contributed by atoms with van der Waals surface area (Å²) in [6.45, 7) is 3.00. The minimum Gasteiger partial charge on any atom is -0.302 e. The third-order valence-electron chi connectivity index (χ3n) is 6.78. The molecule has 1 amide bonds. The summed E-state index contributed by atoms with van der Waals surface area (Å²) >= 11 is 0. The van der Waals surface area contributed by atoms with Gasteiger partial charge in [0.1, 0.15) is 5.65 Å². The second-order valence-electron chi connectivity index (χ2n) is 9.18. The van der Waals surface area contributed by atoms with E-state index in [0.29, 0.717) is 0 Å². The third kappa shape index (κ3) is 5.50. The summed E-state index contributed by atoms with van der Waals surface area (Å²) < 4.78 is 2.15. The van der Waals surface area contributed by atoms with Crippen LogP contribution in [0, 0.1) is 5.92 Å². The summed E-state index contributed by atoms with van der Waals surface area (Å²) in [7, 11) is 0. The topological polar surface area (TPSA) is 69.9 Å². The highest BCUT2D eigenvalue weighted by molar-refractivity contribution is 5.91. The maximum atomic E-state index is 11.4. The third-order valence-corrected chi connectivity index (χ3v) is 6.78. The molecule has 2 aromatic carbocycles. The van der Waals surface area contributed by atoms with E-state index in [1.54, 1.807) is 11.6 Å². The van der Waals surface area contributed by atoms with Crippen LogP contribution in [0.1, 0.15) is 29.7 Å². The van der Waals surface area contributed by atoms with Crippen LogP contribution in [0.5, 0.6) is 0 Å². The highest BCUT2D eigenvalue weighted by Crippen LogP contribution is 2.28. The first-order chi connectivity index (χ1) is 17.2. The van der Waals surface area contributed by atoms with Gasteiger partial charge in [0.15, 0.2) is 0 Å². The Bertz CT molecular complexity index is 1310. The number of aromatic nitrogens is 2. The molecule has 0 aliphatic carbocycles. The summed E-state index contributed by atoms with van der Waals surface area (Å²) in [6, 6.07) is 25.0. The zero-order valence-corrected chi connectivity index (χ0v) is 19.7. The first-order valence-corrected chi connectivity index (χ1v) is 12.1. The fourth-order valence-corrected chi connectivity index (χ4v) is 4.91. The summed E-state index contributed by atoms with van der Waals surface area (Å²) in [6.07, 6.45) is 8.54. The summed E-state index contributed by atoms with van der Waals surface area (Å²) in [5.74, 6) is 0.171. The van der Waals surface area contributed by atoms with Gasteiger partial charge >= 0.3 is 0 Å². The van der Waals surface area contributed by atoms with E-state index in [2.05, 4.69) is 51.8 Å². The number of rotatable bonds is 7. The Morgan fingerprint density at radius 1 is 1.03 bits per heavy atom. The Labute approximate surface area is 205 Å². The molecule has 6 heteroatoms. The molecule has 1 fully saturated rings. The van der Waals surface area contributed by atoms with Crippen LogP contribution in [0.2, 0.25) is 0 Å². The van der Waals surface area contributed by atoms with Crippen LogP contribution >= 0.6 is 0 Å². The Kier molecular flexibility index (Phi) is 7.02. The van der Waals surface area contributed by atoms with Gasteiger partial charge in [0.25, 0.3) is 5.91 Å². The Morgan fingerprint density at radius 2 is 1.74 bits per heavy atom. The lowest BCUT2D eigenvalue weighted by Crippen LogP contribution is -2.34. The van der Waals surface area contributed by atoms with Crippen LogP contribution < -0.4 is 5.48 Å². The molecule has 3 heterocycles. The molecule has 4 aromatic rings. The average molecular weight is 467 g/mol. The lowest BCUT2D eigenvalue weighted by Gasteiger charge is -2.32. The zero-order chi connectivity index (χ0) is 24.0. The fourth-order valence-electron chi connectivity index (χ4n) is 4.91. The van der Waals surface area contributed by atoms with Gasteiger partial charge in [-0.05, 0) is 67.6 Å². The molecule has 178 valence electrons. The van der Waals surface area contributed by atoms with Gasteiger partial charge in [-0.2, -0.15) is 0 Å². The smallest absolute Gasteiger partial charge is 0.267 e. The van der Waals surface area contributed by atoms with Crippen LogP contribution in [0.25, 0.3) is 23.0 Å². The van der Waals surface area contributed by atoms with E-state index < -0.39 is 5.91 Å². The number of pyridine rings is 1. The number of likely N-dealkylation sites (tertiary alicyclic amines) is 1. The second-order valence-corrected chi connectivity index (χ2v) is 9.18. The van der Waals surface area contributed by atoms with Crippen molar-refractivity contribution in [3.05, 3.63) is 102 Å². The van der Waals surface area contributed by atoms with E-state index in [9.17, 15) is 4.79 Å². The summed E-state index contributed by atoms with van der Waals surface area (Å²) in [4.78, 5) is 18.9. The Morgan fingerprint density at radius 3 is 2.46 bits per heavy atom. The van der Waals surface area contributed by atoms with Gasteiger partial charge in [0.05, 0.1) is 11.4 Å². The number of hydroxylamine groups is 1. The second kappa shape index (κ2) is 10.7. The maximum Gasteiger partial charge on any atom is 0.267 e. The number of benzene rings is 2. The summed E-state index contributed by atoms with van der Waals surface area (Å²) in [5, 5.41) is 8.72. The molecule has 6 nitrogen and oxygen atoms in total. The van der Waals surface area contributed by atoms with Gasteiger partial charge in [-0.1, -0.05) is 60.7 Å².